The average molecular weight is 335 g/mol. The molecule has 4 nitrogen and oxygen atoms in total. The molecule has 1 aromatic heterocycles. The minimum absolute atomic E-state index is 0.0734. The number of rotatable bonds is 3. The highest BCUT2D eigenvalue weighted by Gasteiger charge is 2.20. The number of amides is 1. The number of cyclic esters (lactones) is 1. The Bertz CT molecular complexity index is 751. The van der Waals surface area contributed by atoms with Gasteiger partial charge in [-0.05, 0) is 42.7 Å². The lowest BCUT2D eigenvalue weighted by atomic mass is 10.0. The van der Waals surface area contributed by atoms with Gasteiger partial charge < -0.3 is 9.64 Å². The molecule has 23 heavy (non-hydrogen) atoms. The molecule has 2 heterocycles. The molecule has 120 valence electrons. The molecule has 1 aliphatic heterocycles. The van der Waals surface area contributed by atoms with E-state index in [0.29, 0.717) is 19.7 Å². The molecule has 1 aromatic carbocycles. The van der Waals surface area contributed by atoms with Crippen molar-refractivity contribution in [1.29, 1.82) is 0 Å². The second-order valence-electron chi connectivity index (χ2n) is 5.49. The average Bonchev–Trinajstić information content (AvgIpc) is 2.54. The molecule has 0 atom stereocenters. The molecular formula is C17H16ClFN2O2. The summed E-state index contributed by atoms with van der Waals surface area (Å²) in [7, 11) is 0. The monoisotopic (exact) mass is 334 g/mol. The number of aryl methyl sites for hydroxylation is 1. The van der Waals surface area contributed by atoms with Gasteiger partial charge in [-0.1, -0.05) is 17.7 Å². The van der Waals surface area contributed by atoms with E-state index in [9.17, 15) is 9.18 Å². The van der Waals surface area contributed by atoms with Gasteiger partial charge in [0, 0.05) is 24.0 Å². The van der Waals surface area contributed by atoms with E-state index in [-0.39, 0.29) is 11.1 Å². The van der Waals surface area contributed by atoms with Crippen LogP contribution in [0.3, 0.4) is 0 Å². The first-order valence-electron chi connectivity index (χ1n) is 7.37. The summed E-state index contributed by atoms with van der Waals surface area (Å²) in [5.41, 5.74) is 3.39. The quantitative estimate of drug-likeness (QED) is 0.845. The smallest absolute Gasteiger partial charge is 0.410 e. The maximum atomic E-state index is 13.3. The van der Waals surface area contributed by atoms with Gasteiger partial charge in [0.1, 0.15) is 5.82 Å². The number of aromatic nitrogens is 1. The lowest BCUT2D eigenvalue weighted by Crippen LogP contribution is -2.37. The Kier molecular flexibility index (Phi) is 4.48. The summed E-state index contributed by atoms with van der Waals surface area (Å²) in [5, 5.41) is 0.0734. The lowest BCUT2D eigenvalue weighted by Gasteiger charge is -2.26. The van der Waals surface area contributed by atoms with E-state index in [1.807, 2.05) is 13.0 Å². The van der Waals surface area contributed by atoms with Crippen molar-refractivity contribution in [2.75, 3.05) is 13.2 Å². The fourth-order valence-corrected chi connectivity index (χ4v) is 2.70. The predicted octanol–water partition coefficient (Wildman–Crippen LogP) is 4.19. The normalized spacial score (nSPS) is 14.7. The van der Waals surface area contributed by atoms with Crippen LogP contribution in [0.2, 0.25) is 5.02 Å². The summed E-state index contributed by atoms with van der Waals surface area (Å²) in [6.07, 6.45) is 2.24. The van der Waals surface area contributed by atoms with E-state index in [1.165, 1.54) is 6.07 Å². The van der Waals surface area contributed by atoms with Gasteiger partial charge in [-0.2, -0.15) is 0 Å². The zero-order valence-corrected chi connectivity index (χ0v) is 13.4. The van der Waals surface area contributed by atoms with Crippen molar-refractivity contribution in [3.63, 3.8) is 0 Å². The minimum Gasteiger partial charge on any atom is -0.449 e. The summed E-state index contributed by atoms with van der Waals surface area (Å²) < 4.78 is 18.4. The van der Waals surface area contributed by atoms with Crippen LogP contribution < -0.4 is 0 Å². The van der Waals surface area contributed by atoms with Crippen LogP contribution >= 0.6 is 11.6 Å². The highest BCUT2D eigenvalue weighted by atomic mass is 35.5. The van der Waals surface area contributed by atoms with Crippen LogP contribution in [0.1, 0.15) is 17.7 Å². The van der Waals surface area contributed by atoms with E-state index in [4.69, 9.17) is 16.3 Å². The van der Waals surface area contributed by atoms with Crippen molar-refractivity contribution >= 4 is 17.7 Å². The van der Waals surface area contributed by atoms with Gasteiger partial charge >= 0.3 is 6.09 Å². The molecule has 1 fully saturated rings. The second kappa shape index (κ2) is 6.54. The third kappa shape index (κ3) is 3.45. The Morgan fingerprint density at radius 2 is 2.17 bits per heavy atom. The standard InChI is InChI=1S/C17H16ClFN2O2/c1-11-14(10-21-5-2-6-23-17(21)22)7-13(9-20-11)12-3-4-16(19)15(18)8-12/h3-4,7-9H,2,5-6,10H2,1H3. The topological polar surface area (TPSA) is 42.4 Å². The summed E-state index contributed by atoms with van der Waals surface area (Å²) in [6.45, 7) is 3.48. The van der Waals surface area contributed by atoms with Crippen molar-refractivity contribution in [2.24, 2.45) is 0 Å². The van der Waals surface area contributed by atoms with Crippen molar-refractivity contribution in [3.05, 3.63) is 52.6 Å². The molecule has 0 unspecified atom stereocenters. The molecule has 1 aliphatic rings. The fraction of sp³-hybridized carbons (Fsp3) is 0.294. The highest BCUT2D eigenvalue weighted by Crippen LogP contribution is 2.26. The number of hydrogen-bond donors (Lipinski definition) is 0. The third-order valence-corrected chi connectivity index (χ3v) is 4.15. The molecule has 1 amide bonds. The number of carbonyl (C=O) groups is 1. The number of carbonyl (C=O) groups excluding carboxylic acids is 1. The zero-order valence-electron chi connectivity index (χ0n) is 12.7. The molecule has 0 aliphatic carbocycles. The highest BCUT2D eigenvalue weighted by molar-refractivity contribution is 6.31. The molecule has 0 bridgehead atoms. The van der Waals surface area contributed by atoms with Crippen molar-refractivity contribution < 1.29 is 13.9 Å². The Morgan fingerprint density at radius 1 is 1.35 bits per heavy atom. The largest absolute Gasteiger partial charge is 0.449 e. The van der Waals surface area contributed by atoms with Crippen LogP contribution in [0.15, 0.2) is 30.5 Å². The zero-order chi connectivity index (χ0) is 16.4. The van der Waals surface area contributed by atoms with Gasteiger partial charge in [-0.15, -0.1) is 0 Å². The third-order valence-electron chi connectivity index (χ3n) is 3.86. The van der Waals surface area contributed by atoms with E-state index < -0.39 is 5.82 Å². The molecule has 0 spiro atoms. The SMILES string of the molecule is Cc1ncc(-c2ccc(F)c(Cl)c2)cc1CN1CCCOC1=O. The summed E-state index contributed by atoms with van der Waals surface area (Å²) in [4.78, 5) is 17.8. The molecule has 0 radical (unpaired) electrons. The van der Waals surface area contributed by atoms with Gasteiger partial charge in [-0.3, -0.25) is 4.98 Å². The Morgan fingerprint density at radius 3 is 2.91 bits per heavy atom. The van der Waals surface area contributed by atoms with Gasteiger partial charge in [0.05, 0.1) is 18.2 Å². The second-order valence-corrected chi connectivity index (χ2v) is 5.89. The van der Waals surface area contributed by atoms with Crippen LogP contribution in [0.25, 0.3) is 11.1 Å². The molecule has 6 heteroatoms. The summed E-state index contributed by atoms with van der Waals surface area (Å²) >= 11 is 5.84. The summed E-state index contributed by atoms with van der Waals surface area (Å²) in [6, 6.07) is 6.52. The van der Waals surface area contributed by atoms with Crippen LogP contribution in [-0.2, 0) is 11.3 Å². The molecule has 1 saturated heterocycles. The van der Waals surface area contributed by atoms with E-state index in [2.05, 4.69) is 4.98 Å². The fourth-order valence-electron chi connectivity index (χ4n) is 2.52. The number of halogens is 2. The molecule has 3 rings (SSSR count). The summed E-state index contributed by atoms with van der Waals surface area (Å²) in [5.74, 6) is -0.452. The lowest BCUT2D eigenvalue weighted by molar-refractivity contribution is 0.0699. The van der Waals surface area contributed by atoms with Crippen LogP contribution in [0.5, 0.6) is 0 Å². The maximum absolute atomic E-state index is 13.3. The molecule has 2 aromatic rings. The molecule has 0 saturated carbocycles. The van der Waals surface area contributed by atoms with E-state index in [0.717, 1.165) is 28.8 Å². The number of benzene rings is 1. The number of pyridine rings is 1. The Labute approximate surface area is 138 Å². The van der Waals surface area contributed by atoms with Crippen LogP contribution in [0, 0.1) is 12.7 Å². The van der Waals surface area contributed by atoms with E-state index >= 15 is 0 Å². The predicted molar refractivity (Wildman–Crippen MR) is 85.8 cm³/mol. The first-order chi connectivity index (χ1) is 11.0. The number of hydrogen-bond acceptors (Lipinski definition) is 3. The number of ether oxygens (including phenoxy) is 1. The van der Waals surface area contributed by atoms with Gasteiger partial charge in [0.25, 0.3) is 0 Å². The van der Waals surface area contributed by atoms with Gasteiger partial charge in [0.15, 0.2) is 0 Å². The molecule has 0 N–H and O–H groups in total. The molecular weight excluding hydrogens is 319 g/mol. The van der Waals surface area contributed by atoms with Crippen LogP contribution in [-0.4, -0.2) is 29.1 Å². The van der Waals surface area contributed by atoms with Gasteiger partial charge in [0.2, 0.25) is 0 Å². The first-order valence-corrected chi connectivity index (χ1v) is 7.75. The van der Waals surface area contributed by atoms with Crippen LogP contribution in [0.4, 0.5) is 9.18 Å². The van der Waals surface area contributed by atoms with Crippen molar-refractivity contribution in [3.8, 4) is 11.1 Å². The minimum atomic E-state index is -0.452. The first kappa shape index (κ1) is 15.7. The Hall–Kier alpha value is -2.14. The Balaban J connectivity index is 1.89. The maximum Gasteiger partial charge on any atom is 0.410 e. The van der Waals surface area contributed by atoms with E-state index in [1.54, 1.807) is 23.2 Å². The number of nitrogens with zero attached hydrogens (tertiary/aromatic N) is 2. The van der Waals surface area contributed by atoms with Gasteiger partial charge in [-0.25, -0.2) is 9.18 Å². The van der Waals surface area contributed by atoms with Crippen molar-refractivity contribution in [2.45, 2.75) is 19.9 Å². The van der Waals surface area contributed by atoms with Crippen molar-refractivity contribution in [1.82, 2.24) is 9.88 Å².